The van der Waals surface area contributed by atoms with Gasteiger partial charge in [0.05, 0.1) is 6.54 Å². The van der Waals surface area contributed by atoms with Crippen molar-refractivity contribution in [1.82, 2.24) is 5.43 Å². The summed E-state index contributed by atoms with van der Waals surface area (Å²) in [4.78, 5) is 0. The quantitative estimate of drug-likeness (QED) is 0.352. The van der Waals surface area contributed by atoms with Gasteiger partial charge >= 0.3 is 0 Å². The zero-order valence-corrected chi connectivity index (χ0v) is 7.00. The van der Waals surface area contributed by atoms with Crippen LogP contribution in [0.15, 0.2) is 29.4 Å². The molecule has 70 valence electrons. The number of guanidine groups is 1. The van der Waals surface area contributed by atoms with Crippen molar-refractivity contribution < 1.29 is 4.39 Å². The Labute approximate surface area is 75.4 Å². The molecule has 5 heteroatoms. The lowest BCUT2D eigenvalue weighted by Crippen LogP contribution is -2.26. The highest BCUT2D eigenvalue weighted by Crippen LogP contribution is 2.01. The minimum Gasteiger partial charge on any atom is -0.369 e. The average molecular weight is 182 g/mol. The van der Waals surface area contributed by atoms with E-state index in [9.17, 15) is 4.39 Å². The van der Waals surface area contributed by atoms with E-state index < -0.39 is 0 Å². The summed E-state index contributed by atoms with van der Waals surface area (Å²) in [5.74, 6) is -0.285. The number of hydrazone groups is 1. The molecular weight excluding hydrogens is 171 g/mol. The highest BCUT2D eigenvalue weighted by molar-refractivity contribution is 5.75. The van der Waals surface area contributed by atoms with Crippen LogP contribution in [0.3, 0.4) is 0 Å². The summed E-state index contributed by atoms with van der Waals surface area (Å²) < 4.78 is 12.4. The van der Waals surface area contributed by atoms with Gasteiger partial charge in [-0.05, 0) is 17.7 Å². The number of nitrogens with zero attached hydrogens (tertiary/aromatic N) is 1. The molecule has 0 amide bonds. The maximum absolute atomic E-state index is 12.4. The SMILES string of the molecule is NC(N)=NNCc1ccc(F)cc1. The van der Waals surface area contributed by atoms with Crippen LogP contribution in [0.1, 0.15) is 5.56 Å². The summed E-state index contributed by atoms with van der Waals surface area (Å²) in [5, 5.41) is 3.57. The molecule has 0 aliphatic rings. The lowest BCUT2D eigenvalue weighted by atomic mass is 10.2. The van der Waals surface area contributed by atoms with E-state index in [0.29, 0.717) is 6.54 Å². The van der Waals surface area contributed by atoms with Gasteiger partial charge in [0.25, 0.3) is 0 Å². The van der Waals surface area contributed by atoms with Gasteiger partial charge in [0.15, 0.2) is 0 Å². The molecule has 1 aromatic rings. The van der Waals surface area contributed by atoms with E-state index in [0.717, 1.165) is 5.56 Å². The summed E-state index contributed by atoms with van der Waals surface area (Å²) >= 11 is 0. The Bertz CT molecular complexity index is 290. The third-order valence-corrected chi connectivity index (χ3v) is 1.40. The molecular formula is C8H11FN4. The molecule has 0 aliphatic heterocycles. The standard InChI is InChI=1S/C8H11FN4/c9-7-3-1-6(2-4-7)5-12-13-8(10)11/h1-4,12H,5H2,(H4,10,11,13). The van der Waals surface area contributed by atoms with E-state index in [2.05, 4.69) is 10.5 Å². The van der Waals surface area contributed by atoms with Crippen molar-refractivity contribution in [2.75, 3.05) is 0 Å². The highest BCUT2D eigenvalue weighted by Gasteiger charge is 1.91. The molecule has 5 N–H and O–H groups in total. The molecule has 0 unspecified atom stereocenters. The van der Waals surface area contributed by atoms with Gasteiger partial charge in [0.2, 0.25) is 5.96 Å². The number of nitrogens with one attached hydrogen (secondary N) is 1. The van der Waals surface area contributed by atoms with Crippen LogP contribution in [0.4, 0.5) is 4.39 Å². The Morgan fingerprint density at radius 3 is 2.46 bits per heavy atom. The van der Waals surface area contributed by atoms with Crippen LogP contribution in [0, 0.1) is 5.82 Å². The summed E-state index contributed by atoms with van der Waals surface area (Å²) in [5.41, 5.74) is 13.7. The Hall–Kier alpha value is -1.78. The van der Waals surface area contributed by atoms with Gasteiger partial charge < -0.3 is 16.9 Å². The van der Waals surface area contributed by atoms with Gasteiger partial charge in [-0.2, -0.15) is 0 Å². The van der Waals surface area contributed by atoms with E-state index in [4.69, 9.17) is 11.5 Å². The first-order valence-electron chi connectivity index (χ1n) is 3.74. The second kappa shape index (κ2) is 4.30. The Balaban J connectivity index is 2.46. The van der Waals surface area contributed by atoms with Gasteiger partial charge in [-0.3, -0.25) is 0 Å². The molecule has 4 nitrogen and oxygen atoms in total. The smallest absolute Gasteiger partial charge is 0.208 e. The molecule has 13 heavy (non-hydrogen) atoms. The fraction of sp³-hybridized carbons (Fsp3) is 0.125. The fourth-order valence-corrected chi connectivity index (χ4v) is 0.824. The van der Waals surface area contributed by atoms with E-state index in [1.165, 1.54) is 12.1 Å². The Morgan fingerprint density at radius 2 is 1.92 bits per heavy atom. The number of hydrogen-bond donors (Lipinski definition) is 3. The van der Waals surface area contributed by atoms with Crippen molar-refractivity contribution in [2.24, 2.45) is 16.6 Å². The molecule has 0 spiro atoms. The lowest BCUT2D eigenvalue weighted by molar-refractivity contribution is 0.626. The number of rotatable bonds is 3. The van der Waals surface area contributed by atoms with Gasteiger partial charge in [0, 0.05) is 0 Å². The molecule has 0 aliphatic carbocycles. The van der Waals surface area contributed by atoms with Crippen LogP contribution < -0.4 is 16.9 Å². The van der Waals surface area contributed by atoms with Gasteiger partial charge in [-0.1, -0.05) is 12.1 Å². The van der Waals surface area contributed by atoms with Crippen LogP contribution >= 0.6 is 0 Å². The van der Waals surface area contributed by atoms with E-state index in [1.807, 2.05) is 0 Å². The molecule has 0 bridgehead atoms. The van der Waals surface area contributed by atoms with Crippen molar-refractivity contribution in [2.45, 2.75) is 6.54 Å². The van der Waals surface area contributed by atoms with Crippen molar-refractivity contribution in [3.63, 3.8) is 0 Å². The minimum atomic E-state index is -0.259. The maximum atomic E-state index is 12.4. The van der Waals surface area contributed by atoms with Gasteiger partial charge in [-0.15, -0.1) is 5.10 Å². The summed E-state index contributed by atoms with van der Waals surface area (Å²) in [6, 6.07) is 6.08. The summed E-state index contributed by atoms with van der Waals surface area (Å²) in [6.07, 6.45) is 0. The van der Waals surface area contributed by atoms with Crippen molar-refractivity contribution in [3.8, 4) is 0 Å². The predicted octanol–water partition coefficient (Wildman–Crippen LogP) is 0.104. The predicted molar refractivity (Wildman–Crippen MR) is 49.0 cm³/mol. The summed E-state index contributed by atoms with van der Waals surface area (Å²) in [6.45, 7) is 0.470. The molecule has 1 aromatic carbocycles. The van der Waals surface area contributed by atoms with Crippen LogP contribution in [0.25, 0.3) is 0 Å². The first kappa shape index (κ1) is 9.31. The first-order valence-corrected chi connectivity index (χ1v) is 3.74. The second-order valence-corrected chi connectivity index (χ2v) is 2.50. The Kier molecular flexibility index (Phi) is 3.08. The molecule has 0 heterocycles. The normalized spacial score (nSPS) is 9.31. The van der Waals surface area contributed by atoms with E-state index in [1.54, 1.807) is 12.1 Å². The third-order valence-electron chi connectivity index (χ3n) is 1.40. The lowest BCUT2D eigenvalue weighted by Gasteiger charge is -2.00. The number of benzene rings is 1. The van der Waals surface area contributed by atoms with Crippen LogP contribution in [-0.4, -0.2) is 5.96 Å². The second-order valence-electron chi connectivity index (χ2n) is 2.50. The molecule has 1 rings (SSSR count). The molecule has 0 aromatic heterocycles. The Morgan fingerprint density at radius 1 is 1.31 bits per heavy atom. The minimum absolute atomic E-state index is 0.0258. The number of nitrogens with two attached hydrogens (primary N) is 2. The molecule has 0 fully saturated rings. The van der Waals surface area contributed by atoms with Gasteiger partial charge in [-0.25, -0.2) is 4.39 Å². The zero-order valence-electron chi connectivity index (χ0n) is 7.00. The average Bonchev–Trinajstić information content (AvgIpc) is 2.08. The number of hydrogen-bond acceptors (Lipinski definition) is 2. The van der Waals surface area contributed by atoms with Gasteiger partial charge in [0.1, 0.15) is 5.82 Å². The monoisotopic (exact) mass is 182 g/mol. The fourth-order valence-electron chi connectivity index (χ4n) is 0.824. The topological polar surface area (TPSA) is 76.4 Å². The third kappa shape index (κ3) is 3.42. The van der Waals surface area contributed by atoms with E-state index >= 15 is 0 Å². The summed E-state index contributed by atoms with van der Waals surface area (Å²) in [7, 11) is 0. The van der Waals surface area contributed by atoms with Crippen molar-refractivity contribution in [3.05, 3.63) is 35.6 Å². The first-order chi connectivity index (χ1) is 6.18. The van der Waals surface area contributed by atoms with Crippen LogP contribution in [0.2, 0.25) is 0 Å². The molecule has 0 atom stereocenters. The molecule has 0 saturated heterocycles. The highest BCUT2D eigenvalue weighted by atomic mass is 19.1. The van der Waals surface area contributed by atoms with Crippen molar-refractivity contribution >= 4 is 5.96 Å². The number of halogens is 1. The van der Waals surface area contributed by atoms with Crippen molar-refractivity contribution in [1.29, 1.82) is 0 Å². The van der Waals surface area contributed by atoms with Crippen LogP contribution in [-0.2, 0) is 6.54 Å². The molecule has 0 radical (unpaired) electrons. The zero-order chi connectivity index (χ0) is 9.68. The maximum Gasteiger partial charge on any atom is 0.208 e. The van der Waals surface area contributed by atoms with Crippen LogP contribution in [0.5, 0.6) is 0 Å². The molecule has 0 saturated carbocycles. The van der Waals surface area contributed by atoms with E-state index in [-0.39, 0.29) is 11.8 Å². The largest absolute Gasteiger partial charge is 0.369 e.